The lowest BCUT2D eigenvalue weighted by atomic mass is 10.1. The van der Waals surface area contributed by atoms with Crippen molar-refractivity contribution in [3.8, 4) is 0 Å². The molecule has 0 aliphatic carbocycles. The molecule has 148 valence electrons. The van der Waals surface area contributed by atoms with Crippen LogP contribution in [0.25, 0.3) is 0 Å². The molecule has 3 aromatic carbocycles. The molecule has 0 aromatic heterocycles. The van der Waals surface area contributed by atoms with Crippen molar-refractivity contribution in [2.75, 3.05) is 6.54 Å². The number of aliphatic imine (C=N–C) groups is 1. The van der Waals surface area contributed by atoms with Gasteiger partial charge >= 0.3 is 0 Å². The normalized spacial score (nSPS) is 16.7. The molecule has 0 saturated heterocycles. The van der Waals surface area contributed by atoms with Gasteiger partial charge in [-0.3, -0.25) is 9.30 Å². The van der Waals surface area contributed by atoms with Crippen LogP contribution in [-0.2, 0) is 16.4 Å². The maximum Gasteiger partial charge on any atom is 0.265 e. The van der Waals surface area contributed by atoms with Crippen LogP contribution in [0.5, 0.6) is 0 Å². The number of rotatable bonds is 5. The van der Waals surface area contributed by atoms with E-state index in [2.05, 4.69) is 6.07 Å². The minimum Gasteiger partial charge on any atom is -0.261 e. The molecular weight excluding hydrogens is 380 g/mol. The molecule has 5 heteroatoms. The van der Waals surface area contributed by atoms with Crippen LogP contribution in [-0.4, -0.2) is 25.1 Å². The number of aryl methyl sites for hydroxylation is 2. The summed E-state index contributed by atoms with van der Waals surface area (Å²) in [7, 11) is -3.67. The van der Waals surface area contributed by atoms with Crippen LogP contribution < -0.4 is 0 Å². The molecule has 0 radical (unpaired) electrons. The molecular formula is C24H24N2O2S. The van der Waals surface area contributed by atoms with Crippen molar-refractivity contribution in [2.24, 2.45) is 4.99 Å². The van der Waals surface area contributed by atoms with Gasteiger partial charge in [0.05, 0.1) is 17.5 Å². The van der Waals surface area contributed by atoms with Gasteiger partial charge in [-0.05, 0) is 37.1 Å². The third-order valence-electron chi connectivity index (χ3n) is 5.17. The van der Waals surface area contributed by atoms with Crippen molar-refractivity contribution in [2.45, 2.75) is 31.2 Å². The lowest BCUT2D eigenvalue weighted by molar-refractivity contribution is 0.518. The summed E-state index contributed by atoms with van der Waals surface area (Å²) < 4.78 is 28.4. The van der Waals surface area contributed by atoms with Gasteiger partial charge in [0.25, 0.3) is 10.0 Å². The van der Waals surface area contributed by atoms with Gasteiger partial charge in [-0.25, -0.2) is 8.42 Å². The average molecular weight is 405 g/mol. The summed E-state index contributed by atoms with van der Waals surface area (Å²) in [5, 5.41) is 0. The van der Waals surface area contributed by atoms with Crippen LogP contribution in [0.4, 0.5) is 0 Å². The molecule has 3 aromatic rings. The zero-order chi connectivity index (χ0) is 20.4. The number of hydrogen-bond acceptors (Lipinski definition) is 3. The molecule has 0 bridgehead atoms. The predicted octanol–water partition coefficient (Wildman–Crippen LogP) is 4.69. The van der Waals surface area contributed by atoms with Crippen LogP contribution in [0.15, 0.2) is 88.8 Å². The molecule has 0 saturated carbocycles. The van der Waals surface area contributed by atoms with Crippen molar-refractivity contribution in [3.63, 3.8) is 0 Å². The van der Waals surface area contributed by atoms with E-state index in [9.17, 15) is 8.42 Å². The van der Waals surface area contributed by atoms with Crippen LogP contribution >= 0.6 is 0 Å². The first-order valence-corrected chi connectivity index (χ1v) is 11.1. The maximum atomic E-state index is 13.4. The highest BCUT2D eigenvalue weighted by Crippen LogP contribution is 2.30. The Balaban J connectivity index is 1.72. The van der Waals surface area contributed by atoms with E-state index in [4.69, 9.17) is 4.99 Å². The van der Waals surface area contributed by atoms with Gasteiger partial charge in [-0.2, -0.15) is 0 Å². The van der Waals surface area contributed by atoms with Crippen LogP contribution in [0.3, 0.4) is 0 Å². The number of nitrogens with zero attached hydrogens (tertiary/aromatic N) is 2. The molecule has 1 aliphatic rings. The Labute approximate surface area is 172 Å². The highest BCUT2D eigenvalue weighted by Gasteiger charge is 2.35. The van der Waals surface area contributed by atoms with E-state index in [0.29, 0.717) is 23.7 Å². The standard InChI is InChI=1S/C24H24N2O2S/c1-18-11-13-22(14-12-18)29(27,28)26-17-23(21-9-4-3-5-10-21)25-24(26)16-20-8-6-7-19(2)15-20/h3-15,23H,16-17H2,1-2H3. The summed E-state index contributed by atoms with van der Waals surface area (Å²) in [6.07, 6.45) is 0.482. The molecule has 1 aliphatic heterocycles. The fourth-order valence-electron chi connectivity index (χ4n) is 3.62. The van der Waals surface area contributed by atoms with Crippen LogP contribution in [0, 0.1) is 13.8 Å². The first-order valence-electron chi connectivity index (χ1n) is 9.70. The minimum absolute atomic E-state index is 0.198. The molecule has 0 fully saturated rings. The smallest absolute Gasteiger partial charge is 0.261 e. The number of benzene rings is 3. The molecule has 1 heterocycles. The number of hydrogen-bond donors (Lipinski definition) is 0. The predicted molar refractivity (Wildman–Crippen MR) is 117 cm³/mol. The third kappa shape index (κ3) is 4.10. The first-order chi connectivity index (χ1) is 13.9. The lowest BCUT2D eigenvalue weighted by Crippen LogP contribution is -2.35. The van der Waals surface area contributed by atoms with Gasteiger partial charge in [-0.1, -0.05) is 77.9 Å². The van der Waals surface area contributed by atoms with Crippen LogP contribution in [0.1, 0.15) is 28.3 Å². The van der Waals surface area contributed by atoms with Crippen LogP contribution in [0.2, 0.25) is 0 Å². The van der Waals surface area contributed by atoms with Gasteiger partial charge in [0.15, 0.2) is 0 Å². The molecule has 0 N–H and O–H groups in total. The molecule has 4 nitrogen and oxygen atoms in total. The van der Waals surface area contributed by atoms with E-state index in [1.54, 1.807) is 12.1 Å². The Morgan fingerprint density at radius 2 is 1.62 bits per heavy atom. The van der Waals surface area contributed by atoms with Crippen molar-refractivity contribution >= 4 is 15.9 Å². The molecule has 1 unspecified atom stereocenters. The largest absolute Gasteiger partial charge is 0.265 e. The SMILES string of the molecule is Cc1ccc(S(=O)(=O)N2CC(c3ccccc3)N=C2Cc2cccc(C)c2)cc1. The van der Waals surface area contributed by atoms with E-state index in [0.717, 1.165) is 22.3 Å². The summed E-state index contributed by atoms with van der Waals surface area (Å²) in [4.78, 5) is 5.14. The molecule has 29 heavy (non-hydrogen) atoms. The summed E-state index contributed by atoms with van der Waals surface area (Å²) in [5.74, 6) is 0.588. The van der Waals surface area contributed by atoms with Gasteiger partial charge in [0.1, 0.15) is 5.84 Å². The molecule has 1 atom stereocenters. The highest BCUT2D eigenvalue weighted by molar-refractivity contribution is 7.89. The Kier molecular flexibility index (Phi) is 5.24. The van der Waals surface area contributed by atoms with Crippen molar-refractivity contribution in [3.05, 3.63) is 101 Å². The van der Waals surface area contributed by atoms with E-state index in [1.165, 1.54) is 4.31 Å². The Morgan fingerprint density at radius 1 is 0.897 bits per heavy atom. The van der Waals surface area contributed by atoms with E-state index in [-0.39, 0.29) is 6.04 Å². The molecule has 4 rings (SSSR count). The van der Waals surface area contributed by atoms with Crippen molar-refractivity contribution < 1.29 is 8.42 Å². The topological polar surface area (TPSA) is 49.7 Å². The monoisotopic (exact) mass is 404 g/mol. The summed E-state index contributed by atoms with van der Waals surface area (Å²) in [6, 6.07) is 24.8. The van der Waals surface area contributed by atoms with Gasteiger partial charge in [0, 0.05) is 6.42 Å². The second-order valence-electron chi connectivity index (χ2n) is 7.49. The second kappa shape index (κ2) is 7.84. The second-order valence-corrected chi connectivity index (χ2v) is 9.35. The maximum absolute atomic E-state index is 13.4. The molecule has 0 amide bonds. The Bertz CT molecular complexity index is 1140. The summed E-state index contributed by atoms with van der Waals surface area (Å²) >= 11 is 0. The van der Waals surface area contributed by atoms with Crippen molar-refractivity contribution in [1.82, 2.24) is 4.31 Å². The average Bonchev–Trinajstić information content (AvgIpc) is 3.14. The lowest BCUT2D eigenvalue weighted by Gasteiger charge is -2.21. The molecule has 0 spiro atoms. The summed E-state index contributed by atoms with van der Waals surface area (Å²) in [6.45, 7) is 4.30. The fraction of sp³-hybridized carbons (Fsp3) is 0.208. The fourth-order valence-corrected chi connectivity index (χ4v) is 5.08. The number of amidine groups is 1. The zero-order valence-electron chi connectivity index (χ0n) is 16.6. The summed E-state index contributed by atoms with van der Waals surface area (Å²) in [5.41, 5.74) is 4.26. The van der Waals surface area contributed by atoms with Gasteiger partial charge in [0.2, 0.25) is 0 Å². The first kappa shape index (κ1) is 19.4. The zero-order valence-corrected chi connectivity index (χ0v) is 17.4. The van der Waals surface area contributed by atoms with E-state index >= 15 is 0 Å². The van der Waals surface area contributed by atoms with E-state index in [1.807, 2.05) is 74.5 Å². The number of sulfonamides is 1. The third-order valence-corrected chi connectivity index (χ3v) is 6.98. The van der Waals surface area contributed by atoms with Crippen molar-refractivity contribution in [1.29, 1.82) is 0 Å². The van der Waals surface area contributed by atoms with E-state index < -0.39 is 10.0 Å². The van der Waals surface area contributed by atoms with Gasteiger partial charge in [-0.15, -0.1) is 0 Å². The Morgan fingerprint density at radius 3 is 2.31 bits per heavy atom. The van der Waals surface area contributed by atoms with Gasteiger partial charge < -0.3 is 0 Å². The Hall–Kier alpha value is -2.92. The minimum atomic E-state index is -3.67. The highest BCUT2D eigenvalue weighted by atomic mass is 32.2. The quantitative estimate of drug-likeness (QED) is 0.619.